The molecular weight excluding hydrogens is 267 g/mol. The van der Waals surface area contributed by atoms with E-state index in [1.807, 2.05) is 30.3 Å². The van der Waals surface area contributed by atoms with E-state index in [0.717, 1.165) is 16.6 Å². The molecule has 0 amide bonds. The number of hydrogen-bond donors (Lipinski definition) is 1. The van der Waals surface area contributed by atoms with Crippen LogP contribution in [0.25, 0.3) is 10.9 Å². The summed E-state index contributed by atoms with van der Waals surface area (Å²) in [4.78, 5) is 15.7. The zero-order valence-corrected chi connectivity index (χ0v) is 11.4. The Kier molecular flexibility index (Phi) is 3.36. The minimum absolute atomic E-state index is 0.173. The topological polar surface area (TPSA) is 42.0 Å². The second-order valence-electron chi connectivity index (χ2n) is 4.79. The van der Waals surface area contributed by atoms with Crippen molar-refractivity contribution in [2.45, 2.75) is 6.92 Å². The van der Waals surface area contributed by atoms with Crippen LogP contribution in [0, 0.1) is 5.82 Å². The molecule has 0 saturated heterocycles. The van der Waals surface area contributed by atoms with Gasteiger partial charge in [0.15, 0.2) is 5.78 Å². The van der Waals surface area contributed by atoms with E-state index in [1.54, 1.807) is 12.3 Å². The largest absolute Gasteiger partial charge is 0.354 e. The van der Waals surface area contributed by atoms with Gasteiger partial charge in [0.05, 0.1) is 11.2 Å². The van der Waals surface area contributed by atoms with Gasteiger partial charge >= 0.3 is 0 Å². The molecule has 0 aliphatic carbocycles. The quantitative estimate of drug-likeness (QED) is 0.726. The Balaban J connectivity index is 2.05. The summed E-state index contributed by atoms with van der Waals surface area (Å²) < 4.78 is 13.6. The lowest BCUT2D eigenvalue weighted by atomic mass is 10.1. The lowest BCUT2D eigenvalue weighted by Gasteiger charge is -2.10. The number of nitrogens with one attached hydrogen (secondary N) is 1. The lowest BCUT2D eigenvalue weighted by Crippen LogP contribution is -1.98. The van der Waals surface area contributed by atoms with Gasteiger partial charge in [0.2, 0.25) is 0 Å². The third-order valence-electron chi connectivity index (χ3n) is 3.22. The Morgan fingerprint density at radius 2 is 1.95 bits per heavy atom. The van der Waals surface area contributed by atoms with E-state index in [1.165, 1.54) is 19.1 Å². The van der Waals surface area contributed by atoms with Crippen molar-refractivity contribution < 1.29 is 9.18 Å². The maximum absolute atomic E-state index is 13.6. The molecule has 3 rings (SSSR count). The van der Waals surface area contributed by atoms with Crippen molar-refractivity contribution in [3.8, 4) is 0 Å². The van der Waals surface area contributed by atoms with Crippen molar-refractivity contribution in [2.24, 2.45) is 0 Å². The van der Waals surface area contributed by atoms with Crippen LogP contribution < -0.4 is 5.32 Å². The molecule has 1 aromatic heterocycles. The van der Waals surface area contributed by atoms with Gasteiger partial charge in [0, 0.05) is 22.8 Å². The van der Waals surface area contributed by atoms with Gasteiger partial charge in [0.1, 0.15) is 5.82 Å². The minimum Gasteiger partial charge on any atom is -0.354 e. The number of nitrogens with zero attached hydrogens (tertiary/aromatic N) is 1. The van der Waals surface area contributed by atoms with Crippen molar-refractivity contribution in [3.63, 3.8) is 0 Å². The van der Waals surface area contributed by atoms with Crippen molar-refractivity contribution in [3.05, 3.63) is 66.1 Å². The number of fused-ring (bicyclic) bond motifs is 1. The fourth-order valence-corrected chi connectivity index (χ4v) is 2.23. The maximum atomic E-state index is 13.6. The molecule has 3 aromatic rings. The van der Waals surface area contributed by atoms with Gasteiger partial charge in [-0.1, -0.05) is 18.2 Å². The second kappa shape index (κ2) is 5.32. The predicted octanol–water partition coefficient (Wildman–Crippen LogP) is 4.32. The fourth-order valence-electron chi connectivity index (χ4n) is 2.23. The number of pyridine rings is 1. The number of anilines is 2. The molecule has 0 atom stereocenters. The summed E-state index contributed by atoms with van der Waals surface area (Å²) in [5.74, 6) is -0.619. The highest BCUT2D eigenvalue weighted by molar-refractivity contribution is 5.96. The lowest BCUT2D eigenvalue weighted by molar-refractivity contribution is 0.101. The van der Waals surface area contributed by atoms with Crippen LogP contribution >= 0.6 is 0 Å². The van der Waals surface area contributed by atoms with E-state index in [4.69, 9.17) is 0 Å². The molecule has 1 N–H and O–H groups in total. The number of hydrogen-bond acceptors (Lipinski definition) is 3. The summed E-state index contributed by atoms with van der Waals surface area (Å²) >= 11 is 0. The summed E-state index contributed by atoms with van der Waals surface area (Å²) in [7, 11) is 0. The smallest absolute Gasteiger partial charge is 0.159 e. The van der Waals surface area contributed by atoms with Crippen LogP contribution in [0.5, 0.6) is 0 Å². The Bertz CT molecular complexity index is 825. The molecule has 21 heavy (non-hydrogen) atoms. The molecule has 0 unspecified atom stereocenters. The molecule has 0 aliphatic rings. The number of halogens is 1. The van der Waals surface area contributed by atoms with Crippen LogP contribution in [-0.4, -0.2) is 10.8 Å². The van der Waals surface area contributed by atoms with Gasteiger partial charge in [-0.15, -0.1) is 0 Å². The van der Waals surface area contributed by atoms with E-state index < -0.39 is 5.82 Å². The highest BCUT2D eigenvalue weighted by Crippen LogP contribution is 2.25. The molecule has 0 aliphatic heterocycles. The Morgan fingerprint density at radius 3 is 2.76 bits per heavy atom. The van der Waals surface area contributed by atoms with E-state index in [0.29, 0.717) is 11.3 Å². The van der Waals surface area contributed by atoms with Crippen LogP contribution in [0.1, 0.15) is 17.3 Å². The van der Waals surface area contributed by atoms with Crippen LogP contribution in [0.15, 0.2) is 54.7 Å². The molecule has 2 aromatic carbocycles. The Morgan fingerprint density at radius 1 is 1.14 bits per heavy atom. The summed E-state index contributed by atoms with van der Waals surface area (Å²) in [5.41, 5.74) is 2.44. The van der Waals surface area contributed by atoms with Crippen LogP contribution in [0.4, 0.5) is 15.8 Å². The number of carbonyl (C=O) groups excluding carboxylic acids is 1. The zero-order chi connectivity index (χ0) is 14.8. The first-order valence-corrected chi connectivity index (χ1v) is 6.56. The minimum atomic E-state index is -0.446. The predicted molar refractivity (Wildman–Crippen MR) is 81.4 cm³/mol. The number of Topliss-reactive ketones (excluding diaryl/α,β-unsaturated/α-hetero) is 1. The number of benzene rings is 2. The Labute approximate surface area is 121 Å². The highest BCUT2D eigenvalue weighted by atomic mass is 19.1. The number of aromatic nitrogens is 1. The fraction of sp³-hybridized carbons (Fsp3) is 0.0588. The van der Waals surface area contributed by atoms with Crippen molar-refractivity contribution in [1.29, 1.82) is 0 Å². The van der Waals surface area contributed by atoms with E-state index >= 15 is 0 Å². The first-order chi connectivity index (χ1) is 10.1. The first-order valence-electron chi connectivity index (χ1n) is 6.56. The number of carbonyl (C=O) groups is 1. The third kappa shape index (κ3) is 2.74. The molecule has 104 valence electrons. The molecule has 0 radical (unpaired) electrons. The first kappa shape index (κ1) is 13.2. The molecule has 0 bridgehead atoms. The van der Waals surface area contributed by atoms with Crippen LogP contribution in [0.2, 0.25) is 0 Å². The SMILES string of the molecule is CC(=O)c1cc(F)cc(Nc2cccc3cccnc23)c1. The Hall–Kier alpha value is -2.75. The maximum Gasteiger partial charge on any atom is 0.159 e. The number of ketones is 1. The summed E-state index contributed by atoms with van der Waals surface area (Å²) in [6.07, 6.45) is 1.71. The molecule has 0 fully saturated rings. The molecule has 3 nitrogen and oxygen atoms in total. The standard InChI is InChI=1S/C17H13FN2O/c1-11(21)13-8-14(18)10-15(9-13)20-16-6-2-4-12-5-3-7-19-17(12)16/h2-10,20H,1H3. The van der Waals surface area contributed by atoms with E-state index in [-0.39, 0.29) is 5.78 Å². The average molecular weight is 280 g/mol. The van der Waals surface area contributed by atoms with Gasteiger partial charge in [-0.05, 0) is 37.3 Å². The van der Waals surface area contributed by atoms with Gasteiger partial charge in [-0.25, -0.2) is 4.39 Å². The molecule has 0 saturated carbocycles. The summed E-state index contributed by atoms with van der Waals surface area (Å²) in [5, 5.41) is 4.12. The van der Waals surface area contributed by atoms with E-state index in [2.05, 4.69) is 10.3 Å². The number of para-hydroxylation sites is 1. The highest BCUT2D eigenvalue weighted by Gasteiger charge is 2.07. The van der Waals surface area contributed by atoms with Gasteiger partial charge in [0.25, 0.3) is 0 Å². The molecular formula is C17H13FN2O. The van der Waals surface area contributed by atoms with Gasteiger partial charge in [-0.2, -0.15) is 0 Å². The van der Waals surface area contributed by atoms with E-state index in [9.17, 15) is 9.18 Å². The second-order valence-corrected chi connectivity index (χ2v) is 4.79. The average Bonchev–Trinajstić information content (AvgIpc) is 2.47. The summed E-state index contributed by atoms with van der Waals surface area (Å²) in [6.45, 7) is 1.41. The van der Waals surface area contributed by atoms with Gasteiger partial charge in [-0.3, -0.25) is 9.78 Å². The zero-order valence-electron chi connectivity index (χ0n) is 11.4. The monoisotopic (exact) mass is 280 g/mol. The molecule has 4 heteroatoms. The summed E-state index contributed by atoms with van der Waals surface area (Å²) in [6, 6.07) is 13.8. The molecule has 0 spiro atoms. The van der Waals surface area contributed by atoms with Gasteiger partial charge < -0.3 is 5.32 Å². The van der Waals surface area contributed by atoms with Crippen molar-refractivity contribution in [2.75, 3.05) is 5.32 Å². The number of rotatable bonds is 3. The molecule has 1 heterocycles. The van der Waals surface area contributed by atoms with Crippen LogP contribution in [-0.2, 0) is 0 Å². The normalized spacial score (nSPS) is 10.6. The third-order valence-corrected chi connectivity index (χ3v) is 3.22. The van der Waals surface area contributed by atoms with Crippen molar-refractivity contribution >= 4 is 28.1 Å². The van der Waals surface area contributed by atoms with Crippen LogP contribution in [0.3, 0.4) is 0 Å². The van der Waals surface area contributed by atoms with Crippen molar-refractivity contribution in [1.82, 2.24) is 4.98 Å².